The molecule has 2 rings (SSSR count). The molecule has 0 aliphatic rings. The van der Waals surface area contributed by atoms with E-state index in [4.69, 9.17) is 5.21 Å². The van der Waals surface area contributed by atoms with Gasteiger partial charge in [-0.2, -0.15) is 0 Å². The number of para-hydroxylation sites is 1. The zero-order valence-corrected chi connectivity index (χ0v) is 14.1. The van der Waals surface area contributed by atoms with E-state index in [1.165, 1.54) is 23.7 Å². The lowest BCUT2D eigenvalue weighted by Crippen LogP contribution is -2.15. The van der Waals surface area contributed by atoms with Crippen LogP contribution in [0, 0.1) is 0 Å². The quantitative estimate of drug-likeness (QED) is 0.402. The van der Waals surface area contributed by atoms with Gasteiger partial charge in [0.05, 0.1) is 10.6 Å². The third-order valence-corrected chi connectivity index (χ3v) is 4.91. The topological polar surface area (TPSA) is 95.5 Å². The van der Waals surface area contributed by atoms with Crippen molar-refractivity contribution in [2.75, 3.05) is 11.1 Å². The lowest BCUT2D eigenvalue weighted by molar-refractivity contribution is -0.124. The van der Waals surface area contributed by atoms with Crippen LogP contribution in [0.25, 0.3) is 6.08 Å². The molecule has 0 fully saturated rings. The number of hydrogen-bond acceptors (Lipinski definition) is 5. The molecule has 0 aliphatic heterocycles. The molecule has 0 bridgehead atoms. The summed E-state index contributed by atoms with van der Waals surface area (Å²) in [7, 11) is -3.57. The van der Waals surface area contributed by atoms with E-state index in [1.807, 2.05) is 30.3 Å². The Labute approximate surface area is 146 Å². The van der Waals surface area contributed by atoms with Crippen molar-refractivity contribution in [2.24, 2.45) is 0 Å². The van der Waals surface area contributed by atoms with Crippen molar-refractivity contribution >= 4 is 27.5 Å². The summed E-state index contributed by atoms with van der Waals surface area (Å²) >= 11 is 0. The van der Waals surface area contributed by atoms with Crippen LogP contribution in [0.1, 0.15) is 5.56 Å². The van der Waals surface area contributed by atoms with Gasteiger partial charge in [0.15, 0.2) is 9.84 Å². The van der Waals surface area contributed by atoms with Crippen LogP contribution in [-0.4, -0.2) is 25.3 Å². The van der Waals surface area contributed by atoms with Gasteiger partial charge < -0.3 is 5.32 Å². The molecule has 0 heterocycles. The van der Waals surface area contributed by atoms with Crippen molar-refractivity contribution in [3.63, 3.8) is 0 Å². The summed E-state index contributed by atoms with van der Waals surface area (Å²) in [6.07, 6.45) is 5.49. The highest BCUT2D eigenvalue weighted by molar-refractivity contribution is 7.91. The summed E-state index contributed by atoms with van der Waals surface area (Å²) in [6.45, 7) is 0. The lowest BCUT2D eigenvalue weighted by Gasteiger charge is -2.06. The predicted octanol–water partition coefficient (Wildman–Crippen LogP) is 2.60. The van der Waals surface area contributed by atoms with Gasteiger partial charge in [-0.15, -0.1) is 0 Å². The molecule has 0 saturated heterocycles. The molecule has 130 valence electrons. The Kier molecular flexibility index (Phi) is 6.50. The van der Waals surface area contributed by atoms with E-state index in [0.29, 0.717) is 5.56 Å². The van der Waals surface area contributed by atoms with E-state index in [0.717, 1.165) is 11.8 Å². The van der Waals surface area contributed by atoms with Crippen LogP contribution in [0.2, 0.25) is 0 Å². The number of benzene rings is 2. The first-order chi connectivity index (χ1) is 12.0. The van der Waals surface area contributed by atoms with Gasteiger partial charge in [-0.05, 0) is 36.0 Å². The van der Waals surface area contributed by atoms with Gasteiger partial charge >= 0.3 is 0 Å². The minimum Gasteiger partial charge on any atom is -0.362 e. The monoisotopic (exact) mass is 358 g/mol. The highest BCUT2D eigenvalue weighted by Gasteiger charge is 2.15. The van der Waals surface area contributed by atoms with Crippen molar-refractivity contribution < 1.29 is 18.4 Å². The average Bonchev–Trinajstić information content (AvgIpc) is 2.64. The minimum atomic E-state index is -3.57. The summed E-state index contributed by atoms with van der Waals surface area (Å²) in [5.41, 5.74) is 2.68. The molecule has 3 N–H and O–H groups in total. The summed E-state index contributed by atoms with van der Waals surface area (Å²) < 4.78 is 25.0. The number of rotatable bonds is 7. The fourth-order valence-electron chi connectivity index (χ4n) is 2.06. The summed E-state index contributed by atoms with van der Waals surface area (Å²) in [5, 5.41) is 11.5. The standard InChI is InChI=1S/C18H18N2O4S/c21-18(20-22)12-11-15-7-4-5-10-17(15)25(23,24)14-6-13-19-16-8-2-1-3-9-16/h1-13,19,22H,14H2,(H,20,21)/b12-11+,13-6?. The van der Waals surface area contributed by atoms with Crippen LogP contribution in [0.15, 0.2) is 77.8 Å². The molecule has 0 saturated carbocycles. The summed E-state index contributed by atoms with van der Waals surface area (Å²) in [4.78, 5) is 11.2. The molecule has 0 aromatic heterocycles. The Morgan fingerprint density at radius 3 is 2.44 bits per heavy atom. The number of hydroxylamine groups is 1. The number of nitrogens with one attached hydrogen (secondary N) is 2. The molecule has 0 aliphatic carbocycles. The van der Waals surface area contributed by atoms with Crippen LogP contribution in [0.5, 0.6) is 0 Å². The molecular formula is C18H18N2O4S. The van der Waals surface area contributed by atoms with Crippen LogP contribution in [-0.2, 0) is 14.6 Å². The second-order valence-electron chi connectivity index (χ2n) is 5.04. The van der Waals surface area contributed by atoms with E-state index in [-0.39, 0.29) is 10.6 Å². The van der Waals surface area contributed by atoms with Crippen molar-refractivity contribution in [3.8, 4) is 0 Å². The number of amides is 1. The molecule has 2 aromatic carbocycles. The van der Waals surface area contributed by atoms with E-state index in [1.54, 1.807) is 24.4 Å². The third kappa shape index (κ3) is 5.59. The molecule has 7 heteroatoms. The fraction of sp³-hybridized carbons (Fsp3) is 0.0556. The number of anilines is 1. The number of carbonyl (C=O) groups is 1. The van der Waals surface area contributed by atoms with Crippen LogP contribution >= 0.6 is 0 Å². The van der Waals surface area contributed by atoms with Crippen molar-refractivity contribution in [3.05, 3.63) is 78.5 Å². The van der Waals surface area contributed by atoms with Crippen LogP contribution in [0.4, 0.5) is 5.69 Å². The van der Waals surface area contributed by atoms with Crippen molar-refractivity contribution in [1.29, 1.82) is 0 Å². The number of carbonyl (C=O) groups excluding carboxylic acids is 1. The second-order valence-corrected chi connectivity index (χ2v) is 7.04. The zero-order valence-electron chi connectivity index (χ0n) is 13.3. The Hall–Kier alpha value is -2.90. The maximum absolute atomic E-state index is 12.5. The molecular weight excluding hydrogens is 340 g/mol. The maximum atomic E-state index is 12.5. The first-order valence-corrected chi connectivity index (χ1v) is 9.09. The minimum absolute atomic E-state index is 0.112. The second kappa shape index (κ2) is 8.81. The molecule has 6 nitrogen and oxygen atoms in total. The molecule has 2 aromatic rings. The molecule has 25 heavy (non-hydrogen) atoms. The molecule has 0 radical (unpaired) electrons. The highest BCUT2D eigenvalue weighted by Crippen LogP contribution is 2.18. The van der Waals surface area contributed by atoms with Gasteiger partial charge in [-0.25, -0.2) is 13.9 Å². The van der Waals surface area contributed by atoms with Gasteiger partial charge in [0, 0.05) is 11.8 Å². The van der Waals surface area contributed by atoms with Crippen LogP contribution in [0.3, 0.4) is 0 Å². The molecule has 0 unspecified atom stereocenters. The van der Waals surface area contributed by atoms with Crippen molar-refractivity contribution in [2.45, 2.75) is 4.90 Å². The third-order valence-electron chi connectivity index (χ3n) is 3.24. The first-order valence-electron chi connectivity index (χ1n) is 7.43. The van der Waals surface area contributed by atoms with Crippen molar-refractivity contribution in [1.82, 2.24) is 5.48 Å². The molecule has 0 spiro atoms. The van der Waals surface area contributed by atoms with E-state index in [9.17, 15) is 13.2 Å². The Bertz CT molecular complexity index is 875. The SMILES string of the molecule is O=C(/C=C/c1ccccc1S(=O)(=O)CC=CNc1ccccc1)NO. The van der Waals surface area contributed by atoms with Gasteiger partial charge in [0.2, 0.25) is 0 Å². The van der Waals surface area contributed by atoms with Crippen LogP contribution < -0.4 is 10.8 Å². The predicted molar refractivity (Wildman–Crippen MR) is 96.7 cm³/mol. The average molecular weight is 358 g/mol. The Morgan fingerprint density at radius 2 is 1.72 bits per heavy atom. The smallest absolute Gasteiger partial charge is 0.267 e. The van der Waals surface area contributed by atoms with E-state index < -0.39 is 15.7 Å². The zero-order chi connectivity index (χ0) is 18.1. The van der Waals surface area contributed by atoms with Gasteiger partial charge in [0.1, 0.15) is 0 Å². The van der Waals surface area contributed by atoms with E-state index in [2.05, 4.69) is 5.32 Å². The largest absolute Gasteiger partial charge is 0.362 e. The number of hydrogen-bond donors (Lipinski definition) is 3. The highest BCUT2D eigenvalue weighted by atomic mass is 32.2. The Morgan fingerprint density at radius 1 is 1.04 bits per heavy atom. The molecule has 0 atom stereocenters. The Balaban J connectivity index is 2.11. The van der Waals surface area contributed by atoms with Gasteiger partial charge in [-0.3, -0.25) is 10.0 Å². The lowest BCUT2D eigenvalue weighted by atomic mass is 10.2. The van der Waals surface area contributed by atoms with Gasteiger partial charge in [0.25, 0.3) is 5.91 Å². The fourth-order valence-corrected chi connectivity index (χ4v) is 3.37. The number of sulfone groups is 1. The summed E-state index contributed by atoms with van der Waals surface area (Å²) in [6, 6.07) is 15.7. The first kappa shape index (κ1) is 18.4. The molecule has 1 amide bonds. The normalized spacial score (nSPS) is 11.7. The summed E-state index contributed by atoms with van der Waals surface area (Å²) in [5.74, 6) is -0.927. The van der Waals surface area contributed by atoms with E-state index >= 15 is 0 Å². The maximum Gasteiger partial charge on any atom is 0.267 e. The van der Waals surface area contributed by atoms with Gasteiger partial charge in [-0.1, -0.05) is 42.5 Å².